The summed E-state index contributed by atoms with van der Waals surface area (Å²) in [5, 5.41) is 4.25. The third kappa shape index (κ3) is 5.90. The van der Waals surface area contributed by atoms with Gasteiger partial charge in [-0.25, -0.2) is 9.80 Å². The monoisotopic (exact) mass is 488 g/mol. The molecule has 3 aliphatic rings. The summed E-state index contributed by atoms with van der Waals surface area (Å²) in [5.74, 6) is 0.682. The van der Waals surface area contributed by atoms with E-state index < -0.39 is 17.7 Å². The standard InChI is InChI=1S/C24H32N4O5S/c1-24(2,3)33-23(32)26-27-10-8-15(9-11-27)14-34-17-4-5-18-16(12-17)13-28(22(18)31)19-6-7-20(29)25-21(19)30/h4-5,12,15,19H,6-11,13-14H2,1-3H3,(H,26,32)(H,25,29,30). The molecule has 0 saturated carbocycles. The molecule has 0 bridgehead atoms. The Labute approximate surface area is 203 Å². The molecule has 0 radical (unpaired) electrons. The van der Waals surface area contributed by atoms with Crippen LogP contribution in [0.2, 0.25) is 0 Å². The van der Waals surface area contributed by atoms with Crippen molar-refractivity contribution in [1.82, 2.24) is 20.7 Å². The molecule has 184 valence electrons. The third-order valence-electron chi connectivity index (χ3n) is 6.24. The highest BCUT2D eigenvalue weighted by molar-refractivity contribution is 7.99. The summed E-state index contributed by atoms with van der Waals surface area (Å²) in [7, 11) is 0. The predicted molar refractivity (Wildman–Crippen MR) is 127 cm³/mol. The first-order valence-corrected chi connectivity index (χ1v) is 12.7. The lowest BCUT2D eigenvalue weighted by Gasteiger charge is -2.32. The van der Waals surface area contributed by atoms with Crippen molar-refractivity contribution in [3.05, 3.63) is 29.3 Å². The van der Waals surface area contributed by atoms with Crippen LogP contribution >= 0.6 is 11.8 Å². The molecule has 3 heterocycles. The zero-order valence-corrected chi connectivity index (χ0v) is 20.7. The van der Waals surface area contributed by atoms with Gasteiger partial charge in [-0.05, 0) is 69.7 Å². The number of thioether (sulfide) groups is 1. The zero-order valence-electron chi connectivity index (χ0n) is 19.9. The molecule has 2 fully saturated rings. The average molecular weight is 489 g/mol. The van der Waals surface area contributed by atoms with E-state index in [0.717, 1.165) is 42.1 Å². The highest BCUT2D eigenvalue weighted by Crippen LogP contribution is 2.32. The maximum Gasteiger partial charge on any atom is 0.422 e. The molecule has 34 heavy (non-hydrogen) atoms. The molecule has 2 saturated heterocycles. The summed E-state index contributed by atoms with van der Waals surface area (Å²) in [4.78, 5) is 51.1. The fraction of sp³-hybridized carbons (Fsp3) is 0.583. The lowest BCUT2D eigenvalue weighted by Crippen LogP contribution is -2.52. The summed E-state index contributed by atoms with van der Waals surface area (Å²) in [6.45, 7) is 7.49. The maximum absolute atomic E-state index is 12.8. The largest absolute Gasteiger partial charge is 0.443 e. The van der Waals surface area contributed by atoms with E-state index in [2.05, 4.69) is 10.7 Å². The van der Waals surface area contributed by atoms with Crippen LogP contribution in [-0.4, -0.2) is 64.2 Å². The van der Waals surface area contributed by atoms with Crippen molar-refractivity contribution < 1.29 is 23.9 Å². The molecule has 4 amide bonds. The zero-order chi connectivity index (χ0) is 24.5. The van der Waals surface area contributed by atoms with Crippen LogP contribution in [-0.2, 0) is 20.9 Å². The number of ether oxygens (including phenoxy) is 1. The normalized spacial score (nSPS) is 21.9. The molecule has 0 aliphatic carbocycles. The number of benzene rings is 1. The van der Waals surface area contributed by atoms with Crippen molar-refractivity contribution in [3.8, 4) is 0 Å². The molecule has 1 atom stereocenters. The van der Waals surface area contributed by atoms with Gasteiger partial charge in [-0.2, -0.15) is 0 Å². The Balaban J connectivity index is 1.26. The lowest BCUT2D eigenvalue weighted by molar-refractivity contribution is -0.136. The van der Waals surface area contributed by atoms with Gasteiger partial charge in [0.25, 0.3) is 5.91 Å². The number of hydrazine groups is 1. The molecule has 10 heteroatoms. The summed E-state index contributed by atoms with van der Waals surface area (Å²) >= 11 is 1.77. The molecular weight excluding hydrogens is 456 g/mol. The summed E-state index contributed by atoms with van der Waals surface area (Å²) < 4.78 is 5.31. The van der Waals surface area contributed by atoms with E-state index in [1.54, 1.807) is 16.7 Å². The van der Waals surface area contributed by atoms with E-state index in [-0.39, 0.29) is 24.1 Å². The van der Waals surface area contributed by atoms with Crippen molar-refractivity contribution >= 4 is 35.6 Å². The van der Waals surface area contributed by atoms with Gasteiger partial charge >= 0.3 is 6.09 Å². The number of carbonyl (C=O) groups is 4. The van der Waals surface area contributed by atoms with Gasteiger partial charge in [-0.15, -0.1) is 11.8 Å². The number of amides is 4. The van der Waals surface area contributed by atoms with Gasteiger partial charge in [0.1, 0.15) is 11.6 Å². The van der Waals surface area contributed by atoms with Gasteiger partial charge < -0.3 is 9.64 Å². The molecule has 0 spiro atoms. The van der Waals surface area contributed by atoms with Crippen LogP contribution < -0.4 is 10.7 Å². The van der Waals surface area contributed by atoms with Gasteiger partial charge in [0.05, 0.1) is 0 Å². The third-order valence-corrected chi connectivity index (χ3v) is 7.47. The molecule has 1 aromatic carbocycles. The second-order valence-corrected chi connectivity index (χ2v) is 11.2. The first kappa shape index (κ1) is 24.5. The van der Waals surface area contributed by atoms with E-state index in [4.69, 9.17) is 4.74 Å². The highest BCUT2D eigenvalue weighted by atomic mass is 32.2. The molecule has 0 aromatic heterocycles. The fourth-order valence-electron chi connectivity index (χ4n) is 4.50. The Morgan fingerprint density at radius 3 is 2.59 bits per heavy atom. The molecule has 1 aromatic rings. The number of nitrogens with one attached hydrogen (secondary N) is 2. The van der Waals surface area contributed by atoms with Crippen molar-refractivity contribution in [2.75, 3.05) is 18.8 Å². The van der Waals surface area contributed by atoms with Crippen LogP contribution in [0, 0.1) is 5.92 Å². The fourth-order valence-corrected chi connectivity index (χ4v) is 5.65. The topological polar surface area (TPSA) is 108 Å². The van der Waals surface area contributed by atoms with E-state index in [9.17, 15) is 19.2 Å². The second kappa shape index (κ2) is 9.95. The summed E-state index contributed by atoms with van der Waals surface area (Å²) in [5.41, 5.74) is 3.87. The van der Waals surface area contributed by atoms with Crippen molar-refractivity contribution in [1.29, 1.82) is 0 Å². The van der Waals surface area contributed by atoms with Crippen LogP contribution in [0.3, 0.4) is 0 Å². The lowest BCUT2D eigenvalue weighted by atomic mass is 10.0. The maximum atomic E-state index is 12.8. The van der Waals surface area contributed by atoms with Crippen LogP contribution in [0.5, 0.6) is 0 Å². The van der Waals surface area contributed by atoms with Gasteiger partial charge in [-0.3, -0.25) is 25.1 Å². The molecule has 9 nitrogen and oxygen atoms in total. The quantitative estimate of drug-likeness (QED) is 0.485. The van der Waals surface area contributed by atoms with Gasteiger partial charge in [0, 0.05) is 42.3 Å². The smallest absolute Gasteiger partial charge is 0.422 e. The van der Waals surface area contributed by atoms with E-state index in [0.29, 0.717) is 24.4 Å². The Morgan fingerprint density at radius 1 is 1.18 bits per heavy atom. The first-order valence-electron chi connectivity index (χ1n) is 11.7. The average Bonchev–Trinajstić information content (AvgIpc) is 3.07. The SMILES string of the molecule is CC(C)(C)OC(=O)NN1CCC(CSc2ccc3c(c2)CN(C2CCC(=O)NC2=O)C3=O)CC1. The number of fused-ring (bicyclic) bond motifs is 1. The molecular formula is C24H32N4O5S. The number of nitrogens with zero attached hydrogens (tertiary/aromatic N) is 2. The predicted octanol–water partition coefficient (Wildman–Crippen LogP) is 2.69. The minimum Gasteiger partial charge on any atom is -0.443 e. The second-order valence-electron chi connectivity index (χ2n) is 10.1. The number of carbonyl (C=O) groups excluding carboxylic acids is 4. The van der Waals surface area contributed by atoms with Crippen molar-refractivity contribution in [2.24, 2.45) is 5.92 Å². The van der Waals surface area contributed by atoms with Gasteiger partial charge in [0.15, 0.2) is 0 Å². The van der Waals surface area contributed by atoms with Crippen LogP contribution in [0.25, 0.3) is 0 Å². The minimum absolute atomic E-state index is 0.147. The number of piperidine rings is 2. The van der Waals surface area contributed by atoms with Crippen molar-refractivity contribution in [2.45, 2.75) is 69.5 Å². The number of imide groups is 1. The Bertz CT molecular complexity index is 984. The molecule has 4 rings (SSSR count). The summed E-state index contributed by atoms with van der Waals surface area (Å²) in [6, 6.07) is 5.27. The number of hydrogen-bond donors (Lipinski definition) is 2. The number of hydrogen-bond acceptors (Lipinski definition) is 7. The van der Waals surface area contributed by atoms with Crippen molar-refractivity contribution in [3.63, 3.8) is 0 Å². The number of rotatable bonds is 5. The van der Waals surface area contributed by atoms with Crippen LogP contribution in [0.15, 0.2) is 23.1 Å². The molecule has 1 unspecified atom stereocenters. The van der Waals surface area contributed by atoms with E-state index >= 15 is 0 Å². The van der Waals surface area contributed by atoms with Crippen LogP contribution in [0.4, 0.5) is 4.79 Å². The Kier molecular flexibility index (Phi) is 7.18. The highest BCUT2D eigenvalue weighted by Gasteiger charge is 2.39. The molecule has 2 N–H and O–H groups in total. The van der Waals surface area contributed by atoms with E-state index in [1.165, 1.54) is 0 Å². The molecule has 3 aliphatic heterocycles. The summed E-state index contributed by atoms with van der Waals surface area (Å²) in [6.07, 6.45) is 2.17. The van der Waals surface area contributed by atoms with Gasteiger partial charge in [0.2, 0.25) is 11.8 Å². The van der Waals surface area contributed by atoms with E-state index in [1.807, 2.05) is 44.0 Å². The first-order chi connectivity index (χ1) is 16.1. The van der Waals surface area contributed by atoms with Crippen LogP contribution in [0.1, 0.15) is 62.4 Å². The Hall–Kier alpha value is -2.59. The Morgan fingerprint density at radius 2 is 1.91 bits per heavy atom. The van der Waals surface area contributed by atoms with Gasteiger partial charge in [-0.1, -0.05) is 0 Å². The minimum atomic E-state index is -0.590.